The van der Waals surface area contributed by atoms with E-state index in [-0.39, 0.29) is 0 Å². The van der Waals surface area contributed by atoms with Crippen LogP contribution in [0.5, 0.6) is 0 Å². The molecule has 0 unspecified atom stereocenters. The van der Waals surface area contributed by atoms with Crippen LogP contribution in [0.3, 0.4) is 0 Å². The second kappa shape index (κ2) is 6.07. The number of thioether (sulfide) groups is 1. The van der Waals surface area contributed by atoms with Gasteiger partial charge in [-0.2, -0.15) is 11.8 Å². The van der Waals surface area contributed by atoms with Crippen LogP contribution in [0.15, 0.2) is 24.3 Å². The first-order valence-electron chi connectivity index (χ1n) is 5.90. The topological polar surface area (TPSA) is 49.3 Å². The Morgan fingerprint density at radius 2 is 1.94 bits per heavy atom. The summed E-state index contributed by atoms with van der Waals surface area (Å²) in [5.74, 6) is 0.118. The quantitative estimate of drug-likeness (QED) is 0.862. The predicted molar refractivity (Wildman–Crippen MR) is 70.6 cm³/mol. The van der Waals surface area contributed by atoms with E-state index in [1.165, 1.54) is 18.4 Å². The van der Waals surface area contributed by atoms with E-state index in [1.807, 2.05) is 23.9 Å². The number of benzene rings is 1. The fraction of sp³-hybridized carbons (Fsp3) is 0.462. The first kappa shape index (κ1) is 12.5. The average molecular weight is 251 g/mol. The van der Waals surface area contributed by atoms with Crippen molar-refractivity contribution in [2.45, 2.75) is 23.8 Å². The van der Waals surface area contributed by atoms with Gasteiger partial charge in [0.2, 0.25) is 0 Å². The molecule has 4 heteroatoms. The van der Waals surface area contributed by atoms with E-state index in [2.05, 4.69) is 5.32 Å². The van der Waals surface area contributed by atoms with E-state index in [0.717, 1.165) is 24.1 Å². The lowest BCUT2D eigenvalue weighted by molar-refractivity contribution is 0.0697. The summed E-state index contributed by atoms with van der Waals surface area (Å²) in [6.45, 7) is 2.24. The fourth-order valence-corrected chi connectivity index (χ4v) is 3.11. The zero-order valence-corrected chi connectivity index (χ0v) is 10.5. The van der Waals surface area contributed by atoms with Gasteiger partial charge in [0.1, 0.15) is 0 Å². The van der Waals surface area contributed by atoms with Crippen molar-refractivity contribution in [3.05, 3.63) is 35.4 Å². The Balaban J connectivity index is 1.84. The molecule has 1 aromatic rings. The van der Waals surface area contributed by atoms with Crippen LogP contribution in [0.25, 0.3) is 0 Å². The van der Waals surface area contributed by atoms with Crippen molar-refractivity contribution in [1.82, 2.24) is 5.32 Å². The lowest BCUT2D eigenvalue weighted by Gasteiger charge is -2.21. The summed E-state index contributed by atoms with van der Waals surface area (Å²) in [5, 5.41) is 12.9. The van der Waals surface area contributed by atoms with Crippen molar-refractivity contribution < 1.29 is 9.90 Å². The van der Waals surface area contributed by atoms with E-state index in [1.54, 1.807) is 12.1 Å². The number of rotatable bonds is 4. The molecular formula is C13H17NO2S. The van der Waals surface area contributed by atoms with Crippen molar-refractivity contribution in [3.63, 3.8) is 0 Å². The first-order valence-corrected chi connectivity index (χ1v) is 6.95. The number of piperidine rings is 1. The molecule has 1 fully saturated rings. The molecule has 1 saturated heterocycles. The van der Waals surface area contributed by atoms with Crippen molar-refractivity contribution in [1.29, 1.82) is 0 Å². The maximum absolute atomic E-state index is 10.7. The van der Waals surface area contributed by atoms with E-state index in [9.17, 15) is 4.79 Å². The molecule has 0 amide bonds. The maximum Gasteiger partial charge on any atom is 0.335 e. The summed E-state index contributed by atoms with van der Waals surface area (Å²) in [6.07, 6.45) is 2.47. The highest BCUT2D eigenvalue weighted by Crippen LogP contribution is 2.24. The van der Waals surface area contributed by atoms with Crippen LogP contribution in [0.2, 0.25) is 0 Å². The Bertz CT molecular complexity index is 372. The summed E-state index contributed by atoms with van der Waals surface area (Å²) in [6, 6.07) is 7.19. The number of hydrogen-bond acceptors (Lipinski definition) is 3. The van der Waals surface area contributed by atoms with Gasteiger partial charge in [0.05, 0.1) is 5.56 Å². The molecule has 3 nitrogen and oxygen atoms in total. The highest BCUT2D eigenvalue weighted by molar-refractivity contribution is 7.99. The summed E-state index contributed by atoms with van der Waals surface area (Å²) >= 11 is 1.98. The van der Waals surface area contributed by atoms with Crippen molar-refractivity contribution in [3.8, 4) is 0 Å². The molecule has 0 aliphatic carbocycles. The summed E-state index contributed by atoms with van der Waals surface area (Å²) in [5.41, 5.74) is 1.57. The van der Waals surface area contributed by atoms with Crippen molar-refractivity contribution in [2.75, 3.05) is 13.1 Å². The van der Waals surface area contributed by atoms with E-state index >= 15 is 0 Å². The molecule has 0 saturated carbocycles. The number of hydrogen-bond donors (Lipinski definition) is 2. The highest BCUT2D eigenvalue weighted by Gasteiger charge is 2.13. The molecule has 0 aromatic heterocycles. The number of aromatic carboxylic acids is 1. The number of carbonyl (C=O) groups is 1. The second-order valence-electron chi connectivity index (χ2n) is 4.26. The number of carboxylic acid groups (broad SMARTS) is 1. The maximum atomic E-state index is 10.7. The summed E-state index contributed by atoms with van der Waals surface area (Å²) in [4.78, 5) is 10.7. The lowest BCUT2D eigenvalue weighted by atomic mass is 10.1. The van der Waals surface area contributed by atoms with E-state index < -0.39 is 5.97 Å². The minimum Gasteiger partial charge on any atom is -0.478 e. The van der Waals surface area contributed by atoms with Crippen LogP contribution >= 0.6 is 11.8 Å². The molecule has 2 rings (SSSR count). The van der Waals surface area contributed by atoms with Crippen LogP contribution in [-0.4, -0.2) is 29.4 Å². The SMILES string of the molecule is O=C(O)c1ccc(CSC2CCNCC2)cc1. The minimum absolute atomic E-state index is 0.362. The largest absolute Gasteiger partial charge is 0.478 e. The van der Waals surface area contributed by atoms with Gasteiger partial charge in [-0.3, -0.25) is 0 Å². The summed E-state index contributed by atoms with van der Waals surface area (Å²) < 4.78 is 0. The third kappa shape index (κ3) is 3.75. The van der Waals surface area contributed by atoms with Gasteiger partial charge in [-0.1, -0.05) is 12.1 Å². The molecule has 0 spiro atoms. The van der Waals surface area contributed by atoms with Crippen LogP contribution in [0.1, 0.15) is 28.8 Å². The zero-order valence-electron chi connectivity index (χ0n) is 9.69. The molecule has 0 radical (unpaired) electrons. The Kier molecular flexibility index (Phi) is 4.45. The monoisotopic (exact) mass is 251 g/mol. The Labute approximate surface area is 106 Å². The second-order valence-corrected chi connectivity index (χ2v) is 5.55. The van der Waals surface area contributed by atoms with Crippen LogP contribution < -0.4 is 5.32 Å². The molecule has 1 aliphatic rings. The van der Waals surface area contributed by atoms with Gasteiger partial charge in [-0.15, -0.1) is 0 Å². The fourth-order valence-electron chi connectivity index (χ4n) is 1.92. The molecular weight excluding hydrogens is 234 g/mol. The Hall–Kier alpha value is -1.00. The average Bonchev–Trinajstić information content (AvgIpc) is 2.38. The molecule has 2 N–H and O–H groups in total. The molecule has 1 heterocycles. The third-order valence-electron chi connectivity index (χ3n) is 2.97. The smallest absolute Gasteiger partial charge is 0.335 e. The van der Waals surface area contributed by atoms with Gasteiger partial charge in [0.15, 0.2) is 0 Å². The molecule has 0 bridgehead atoms. The van der Waals surface area contributed by atoms with Crippen LogP contribution in [0, 0.1) is 0 Å². The number of carboxylic acids is 1. The zero-order chi connectivity index (χ0) is 12.1. The molecule has 17 heavy (non-hydrogen) atoms. The standard InChI is InChI=1S/C13H17NO2S/c15-13(16)11-3-1-10(2-4-11)9-17-12-5-7-14-8-6-12/h1-4,12,14H,5-9H2,(H,15,16). The molecule has 1 aromatic carbocycles. The Morgan fingerprint density at radius 3 is 2.53 bits per heavy atom. The van der Waals surface area contributed by atoms with Gasteiger partial charge >= 0.3 is 5.97 Å². The van der Waals surface area contributed by atoms with E-state index in [4.69, 9.17) is 5.11 Å². The molecule has 1 aliphatic heterocycles. The molecule has 0 atom stereocenters. The van der Waals surface area contributed by atoms with Gasteiger partial charge in [-0.05, 0) is 43.6 Å². The van der Waals surface area contributed by atoms with Gasteiger partial charge in [0.25, 0.3) is 0 Å². The predicted octanol–water partition coefficient (Wildman–Crippen LogP) is 2.37. The number of nitrogens with one attached hydrogen (secondary N) is 1. The van der Waals surface area contributed by atoms with Gasteiger partial charge in [0, 0.05) is 11.0 Å². The molecule has 92 valence electrons. The normalized spacial score (nSPS) is 16.9. The lowest BCUT2D eigenvalue weighted by Crippen LogP contribution is -2.29. The Morgan fingerprint density at radius 1 is 1.29 bits per heavy atom. The van der Waals surface area contributed by atoms with Gasteiger partial charge < -0.3 is 10.4 Å². The van der Waals surface area contributed by atoms with E-state index in [0.29, 0.717) is 5.56 Å². The van der Waals surface area contributed by atoms with Crippen LogP contribution in [-0.2, 0) is 5.75 Å². The highest BCUT2D eigenvalue weighted by atomic mass is 32.2. The minimum atomic E-state index is -0.859. The third-order valence-corrected chi connectivity index (χ3v) is 4.42. The van der Waals surface area contributed by atoms with Gasteiger partial charge in [-0.25, -0.2) is 4.79 Å². The van der Waals surface area contributed by atoms with Crippen molar-refractivity contribution in [2.24, 2.45) is 0 Å². The van der Waals surface area contributed by atoms with Crippen LogP contribution in [0.4, 0.5) is 0 Å². The first-order chi connectivity index (χ1) is 8.25. The van der Waals surface area contributed by atoms with Crippen molar-refractivity contribution >= 4 is 17.7 Å². The summed E-state index contributed by atoms with van der Waals surface area (Å²) in [7, 11) is 0.